The number of hydrogen-bond acceptors (Lipinski definition) is 4. The normalized spacial score (nSPS) is 19.3. The summed E-state index contributed by atoms with van der Waals surface area (Å²) in [6, 6.07) is 4.79. The van der Waals surface area contributed by atoms with Gasteiger partial charge in [0.05, 0.1) is 4.90 Å². The lowest BCUT2D eigenvalue weighted by atomic mass is 9.99. The molecule has 0 bridgehead atoms. The summed E-state index contributed by atoms with van der Waals surface area (Å²) in [6.07, 6.45) is -2.54. The van der Waals surface area contributed by atoms with Crippen LogP contribution in [0.3, 0.4) is 0 Å². The average Bonchev–Trinajstić information content (AvgIpc) is 2.57. The summed E-state index contributed by atoms with van der Waals surface area (Å²) in [5.41, 5.74) is -0.0397. The van der Waals surface area contributed by atoms with E-state index in [1.807, 2.05) is 7.05 Å². The Morgan fingerprint density at radius 2 is 1.92 bits per heavy atom. The summed E-state index contributed by atoms with van der Waals surface area (Å²) in [4.78, 5) is 13.8. The molecule has 1 heterocycles. The molecule has 2 rings (SSSR count). The zero-order valence-electron chi connectivity index (χ0n) is 14.3. The van der Waals surface area contributed by atoms with E-state index in [4.69, 9.17) is 0 Å². The summed E-state index contributed by atoms with van der Waals surface area (Å²) in [7, 11) is -1.75. The third-order valence-electron chi connectivity index (χ3n) is 4.16. The van der Waals surface area contributed by atoms with Crippen molar-refractivity contribution in [3.05, 3.63) is 29.8 Å². The molecule has 1 fully saturated rings. The zero-order valence-corrected chi connectivity index (χ0v) is 15.2. The van der Waals surface area contributed by atoms with E-state index < -0.39 is 28.7 Å². The second-order valence-corrected chi connectivity index (χ2v) is 8.21. The third kappa shape index (κ3) is 6.26. The van der Waals surface area contributed by atoms with E-state index in [9.17, 15) is 26.4 Å². The average molecular weight is 393 g/mol. The van der Waals surface area contributed by atoms with Crippen LogP contribution in [-0.4, -0.2) is 58.6 Å². The minimum absolute atomic E-state index is 0.0333. The number of alkyl halides is 3. The Bertz CT molecular complexity index is 720. The van der Waals surface area contributed by atoms with Gasteiger partial charge in [-0.25, -0.2) is 13.1 Å². The monoisotopic (exact) mass is 393 g/mol. The molecule has 1 saturated heterocycles. The number of likely N-dealkylation sites (tertiary alicyclic amines) is 1. The number of nitrogens with one attached hydrogen (secondary N) is 2. The summed E-state index contributed by atoms with van der Waals surface area (Å²) in [5.74, 6) is -0.680. The number of benzene rings is 1. The first kappa shape index (κ1) is 20.7. The molecule has 26 heavy (non-hydrogen) atoms. The first-order valence-electron chi connectivity index (χ1n) is 8.20. The maximum Gasteiger partial charge on any atom is 0.405 e. The summed E-state index contributed by atoms with van der Waals surface area (Å²) < 4.78 is 63.5. The van der Waals surface area contributed by atoms with Crippen LogP contribution in [0.15, 0.2) is 29.2 Å². The highest BCUT2D eigenvalue weighted by Gasteiger charge is 2.28. The van der Waals surface area contributed by atoms with Crippen LogP contribution >= 0.6 is 0 Å². The van der Waals surface area contributed by atoms with Crippen molar-refractivity contribution in [1.29, 1.82) is 0 Å². The fourth-order valence-corrected chi connectivity index (χ4v) is 3.93. The fraction of sp³-hybridized carbons (Fsp3) is 0.562. The molecule has 1 atom stereocenters. The van der Waals surface area contributed by atoms with Crippen LogP contribution in [0.25, 0.3) is 0 Å². The predicted octanol–water partition coefficient (Wildman–Crippen LogP) is 1.60. The Morgan fingerprint density at radius 1 is 1.27 bits per heavy atom. The van der Waals surface area contributed by atoms with E-state index in [1.165, 1.54) is 24.3 Å². The molecule has 1 aliphatic rings. The van der Waals surface area contributed by atoms with Crippen LogP contribution < -0.4 is 10.0 Å². The maximum atomic E-state index is 12.3. The van der Waals surface area contributed by atoms with Crippen LogP contribution in [0.4, 0.5) is 13.2 Å². The SMILES string of the molecule is CN1CCCC(CNS(=O)(=O)c2ccc(C(=O)NCC(F)(F)F)cc2)C1. The molecule has 0 aliphatic carbocycles. The van der Waals surface area contributed by atoms with Gasteiger partial charge in [0.15, 0.2) is 0 Å². The minimum Gasteiger partial charge on any atom is -0.343 e. The lowest BCUT2D eigenvalue weighted by Crippen LogP contribution is -2.39. The second kappa shape index (κ2) is 8.36. The predicted molar refractivity (Wildman–Crippen MR) is 90.2 cm³/mol. The van der Waals surface area contributed by atoms with Crippen molar-refractivity contribution in [2.75, 3.05) is 33.2 Å². The number of amides is 1. The number of carbonyl (C=O) groups is 1. The Morgan fingerprint density at radius 3 is 2.50 bits per heavy atom. The highest BCUT2D eigenvalue weighted by atomic mass is 32.2. The lowest BCUT2D eigenvalue weighted by Gasteiger charge is -2.29. The fourth-order valence-electron chi connectivity index (χ4n) is 2.82. The van der Waals surface area contributed by atoms with Gasteiger partial charge in [-0.05, 0) is 56.6 Å². The van der Waals surface area contributed by atoms with Crippen LogP contribution in [-0.2, 0) is 10.0 Å². The number of hydrogen-bond donors (Lipinski definition) is 2. The van der Waals surface area contributed by atoms with Crippen LogP contribution in [0, 0.1) is 5.92 Å². The van der Waals surface area contributed by atoms with Gasteiger partial charge in [0.25, 0.3) is 5.91 Å². The van der Waals surface area contributed by atoms with E-state index in [2.05, 4.69) is 9.62 Å². The highest BCUT2D eigenvalue weighted by Crippen LogP contribution is 2.16. The van der Waals surface area contributed by atoms with Gasteiger partial charge < -0.3 is 10.2 Å². The molecule has 0 saturated carbocycles. The van der Waals surface area contributed by atoms with Gasteiger partial charge >= 0.3 is 6.18 Å². The summed E-state index contributed by atoms with van der Waals surface area (Å²) in [6.45, 7) is 0.700. The molecule has 146 valence electrons. The molecule has 10 heteroatoms. The number of piperidine rings is 1. The minimum atomic E-state index is -4.50. The Labute approximate surface area is 150 Å². The number of halogens is 3. The van der Waals surface area contributed by atoms with E-state index in [1.54, 1.807) is 5.32 Å². The molecule has 1 aromatic carbocycles. The number of sulfonamides is 1. The van der Waals surface area contributed by atoms with Crippen molar-refractivity contribution in [1.82, 2.24) is 14.9 Å². The number of carbonyl (C=O) groups excluding carboxylic acids is 1. The van der Waals surface area contributed by atoms with E-state index in [0.717, 1.165) is 25.9 Å². The summed E-state index contributed by atoms with van der Waals surface area (Å²) in [5, 5.41) is 1.74. The van der Waals surface area contributed by atoms with E-state index >= 15 is 0 Å². The molecule has 1 unspecified atom stereocenters. The van der Waals surface area contributed by atoms with Crippen LogP contribution in [0.2, 0.25) is 0 Å². The van der Waals surface area contributed by atoms with E-state index in [-0.39, 0.29) is 16.4 Å². The molecule has 1 aliphatic heterocycles. The second-order valence-electron chi connectivity index (χ2n) is 6.44. The molecule has 0 aromatic heterocycles. The lowest BCUT2D eigenvalue weighted by molar-refractivity contribution is -0.123. The Balaban J connectivity index is 1.94. The van der Waals surface area contributed by atoms with Crippen molar-refractivity contribution in [2.24, 2.45) is 5.92 Å². The van der Waals surface area contributed by atoms with Crippen molar-refractivity contribution in [3.63, 3.8) is 0 Å². The van der Waals surface area contributed by atoms with Gasteiger partial charge in [0.1, 0.15) is 6.54 Å². The van der Waals surface area contributed by atoms with Gasteiger partial charge in [-0.2, -0.15) is 13.2 Å². The van der Waals surface area contributed by atoms with Gasteiger partial charge in [-0.1, -0.05) is 0 Å². The first-order chi connectivity index (χ1) is 12.1. The quantitative estimate of drug-likeness (QED) is 0.770. The van der Waals surface area contributed by atoms with E-state index in [0.29, 0.717) is 6.54 Å². The first-order valence-corrected chi connectivity index (χ1v) is 9.68. The molecular formula is C16H22F3N3O3S. The van der Waals surface area contributed by atoms with Crippen LogP contribution in [0.1, 0.15) is 23.2 Å². The van der Waals surface area contributed by atoms with Crippen molar-refractivity contribution in [2.45, 2.75) is 23.9 Å². The van der Waals surface area contributed by atoms with Gasteiger partial charge in [-0.3, -0.25) is 4.79 Å². The number of nitrogens with zero attached hydrogens (tertiary/aromatic N) is 1. The smallest absolute Gasteiger partial charge is 0.343 e. The van der Waals surface area contributed by atoms with Gasteiger partial charge in [0.2, 0.25) is 10.0 Å². The van der Waals surface area contributed by atoms with Gasteiger partial charge in [0, 0.05) is 18.7 Å². The Hall–Kier alpha value is -1.65. The molecule has 6 nitrogen and oxygen atoms in total. The zero-order chi connectivity index (χ0) is 19.4. The van der Waals surface area contributed by atoms with Crippen molar-refractivity contribution in [3.8, 4) is 0 Å². The third-order valence-corrected chi connectivity index (χ3v) is 5.60. The molecular weight excluding hydrogens is 371 g/mol. The number of rotatable bonds is 6. The van der Waals surface area contributed by atoms with Crippen LogP contribution in [0.5, 0.6) is 0 Å². The molecule has 2 N–H and O–H groups in total. The molecule has 1 aromatic rings. The standard InChI is InChI=1S/C16H22F3N3O3S/c1-22-8-2-3-12(10-22)9-21-26(24,25)14-6-4-13(5-7-14)15(23)20-11-16(17,18)19/h4-7,12,21H,2-3,8-11H2,1H3,(H,20,23). The molecule has 1 amide bonds. The van der Waals surface area contributed by atoms with Crippen molar-refractivity contribution < 1.29 is 26.4 Å². The highest BCUT2D eigenvalue weighted by molar-refractivity contribution is 7.89. The topological polar surface area (TPSA) is 78.5 Å². The van der Waals surface area contributed by atoms with Crippen molar-refractivity contribution >= 4 is 15.9 Å². The molecule has 0 spiro atoms. The Kier molecular flexibility index (Phi) is 6.64. The largest absolute Gasteiger partial charge is 0.405 e. The molecule has 0 radical (unpaired) electrons. The van der Waals surface area contributed by atoms with Gasteiger partial charge in [-0.15, -0.1) is 0 Å². The maximum absolute atomic E-state index is 12.3. The summed E-state index contributed by atoms with van der Waals surface area (Å²) >= 11 is 0.